The molecule has 28 heavy (non-hydrogen) atoms. The molecule has 2 heterocycles. The maximum atomic E-state index is 13.0. The van der Waals surface area contributed by atoms with Gasteiger partial charge >= 0.3 is 0 Å². The number of hydrogen-bond acceptors (Lipinski definition) is 4. The van der Waals surface area contributed by atoms with E-state index in [1.807, 2.05) is 47.4 Å². The van der Waals surface area contributed by atoms with Crippen molar-refractivity contribution in [3.05, 3.63) is 54.1 Å². The molecule has 0 saturated carbocycles. The fourth-order valence-electron chi connectivity index (χ4n) is 3.89. The van der Waals surface area contributed by atoms with E-state index in [1.54, 1.807) is 12.0 Å². The molecule has 2 aromatic carbocycles. The van der Waals surface area contributed by atoms with Crippen molar-refractivity contribution in [2.75, 3.05) is 38.3 Å². The molecule has 0 aromatic heterocycles. The molecular formula is C22H24N2O4. The quantitative estimate of drug-likeness (QED) is 0.773. The predicted molar refractivity (Wildman–Crippen MR) is 106 cm³/mol. The Balaban J connectivity index is 1.31. The fraction of sp³-hybridized carbons (Fsp3) is 0.364. The number of anilines is 1. The Morgan fingerprint density at radius 3 is 2.64 bits per heavy atom. The average Bonchev–Trinajstić information content (AvgIpc) is 3.32. The molecule has 6 heteroatoms. The Kier molecular flexibility index (Phi) is 5.19. The Bertz CT molecular complexity index is 865. The number of para-hydroxylation sites is 1. The number of rotatable bonds is 6. The van der Waals surface area contributed by atoms with Crippen LogP contribution in [-0.4, -0.2) is 50.1 Å². The molecule has 2 aliphatic rings. The molecule has 0 radical (unpaired) electrons. The minimum absolute atomic E-state index is 0.0177. The number of ether oxygens (including phenoxy) is 2. The van der Waals surface area contributed by atoms with E-state index in [9.17, 15) is 9.59 Å². The number of amides is 2. The van der Waals surface area contributed by atoms with Crippen LogP contribution in [-0.2, 0) is 16.0 Å². The Morgan fingerprint density at radius 2 is 1.86 bits per heavy atom. The number of benzene rings is 2. The van der Waals surface area contributed by atoms with Gasteiger partial charge in [-0.15, -0.1) is 0 Å². The van der Waals surface area contributed by atoms with E-state index >= 15 is 0 Å². The first kappa shape index (κ1) is 18.3. The van der Waals surface area contributed by atoms with E-state index in [1.165, 1.54) is 5.56 Å². The number of fused-ring (bicyclic) bond motifs is 1. The third-order valence-corrected chi connectivity index (χ3v) is 5.41. The van der Waals surface area contributed by atoms with Gasteiger partial charge < -0.3 is 19.3 Å². The minimum atomic E-state index is -0.278. The SMILES string of the molecule is COc1ccc(OCCN2CC(C(=O)N3CCc4ccccc43)CC2=O)cc1. The lowest BCUT2D eigenvalue weighted by atomic mass is 10.1. The molecule has 1 fully saturated rings. The van der Waals surface area contributed by atoms with Gasteiger partial charge in [0.25, 0.3) is 0 Å². The lowest BCUT2D eigenvalue weighted by Crippen LogP contribution is -2.37. The summed E-state index contributed by atoms with van der Waals surface area (Å²) >= 11 is 0. The molecule has 4 rings (SSSR count). The summed E-state index contributed by atoms with van der Waals surface area (Å²) in [6.07, 6.45) is 1.15. The van der Waals surface area contributed by atoms with Crippen LogP contribution in [0.4, 0.5) is 5.69 Å². The highest BCUT2D eigenvalue weighted by Gasteiger charge is 2.38. The van der Waals surface area contributed by atoms with E-state index in [0.717, 1.165) is 23.6 Å². The molecule has 0 bridgehead atoms. The van der Waals surface area contributed by atoms with Crippen LogP contribution in [0.1, 0.15) is 12.0 Å². The van der Waals surface area contributed by atoms with Crippen molar-refractivity contribution < 1.29 is 19.1 Å². The van der Waals surface area contributed by atoms with Gasteiger partial charge in [-0.3, -0.25) is 9.59 Å². The fourth-order valence-corrected chi connectivity index (χ4v) is 3.89. The largest absolute Gasteiger partial charge is 0.497 e. The smallest absolute Gasteiger partial charge is 0.232 e. The van der Waals surface area contributed by atoms with Gasteiger partial charge in [0.2, 0.25) is 11.8 Å². The lowest BCUT2D eigenvalue weighted by molar-refractivity contribution is -0.128. The highest BCUT2D eigenvalue weighted by atomic mass is 16.5. The Labute approximate surface area is 164 Å². The highest BCUT2D eigenvalue weighted by Crippen LogP contribution is 2.31. The van der Waals surface area contributed by atoms with Gasteiger partial charge in [0.15, 0.2) is 0 Å². The van der Waals surface area contributed by atoms with Gasteiger partial charge in [0.05, 0.1) is 19.6 Å². The lowest BCUT2D eigenvalue weighted by Gasteiger charge is -2.21. The number of nitrogens with zero attached hydrogens (tertiary/aromatic N) is 2. The second-order valence-electron chi connectivity index (χ2n) is 7.13. The van der Waals surface area contributed by atoms with Crippen molar-refractivity contribution in [2.45, 2.75) is 12.8 Å². The van der Waals surface area contributed by atoms with E-state index in [0.29, 0.717) is 26.2 Å². The number of carbonyl (C=O) groups excluding carboxylic acids is 2. The minimum Gasteiger partial charge on any atom is -0.497 e. The molecule has 0 spiro atoms. The number of carbonyl (C=O) groups is 2. The van der Waals surface area contributed by atoms with Crippen LogP contribution in [0.3, 0.4) is 0 Å². The van der Waals surface area contributed by atoms with E-state index in [4.69, 9.17) is 9.47 Å². The molecule has 1 atom stereocenters. The molecule has 1 saturated heterocycles. The van der Waals surface area contributed by atoms with Crippen molar-refractivity contribution in [1.82, 2.24) is 4.90 Å². The molecule has 6 nitrogen and oxygen atoms in total. The van der Waals surface area contributed by atoms with Crippen molar-refractivity contribution in [3.63, 3.8) is 0 Å². The summed E-state index contributed by atoms with van der Waals surface area (Å²) in [7, 11) is 1.62. The molecule has 1 unspecified atom stereocenters. The average molecular weight is 380 g/mol. The first-order chi connectivity index (χ1) is 13.7. The maximum absolute atomic E-state index is 13.0. The topological polar surface area (TPSA) is 59.1 Å². The molecule has 146 valence electrons. The summed E-state index contributed by atoms with van der Waals surface area (Å²) in [4.78, 5) is 28.9. The second-order valence-corrected chi connectivity index (χ2v) is 7.13. The maximum Gasteiger partial charge on any atom is 0.232 e. The van der Waals surface area contributed by atoms with Crippen LogP contribution < -0.4 is 14.4 Å². The number of likely N-dealkylation sites (tertiary alicyclic amines) is 1. The van der Waals surface area contributed by atoms with Crippen LogP contribution in [0.5, 0.6) is 11.5 Å². The zero-order chi connectivity index (χ0) is 19.5. The van der Waals surface area contributed by atoms with Gasteiger partial charge in [-0.05, 0) is 42.3 Å². The monoisotopic (exact) mass is 380 g/mol. The third-order valence-electron chi connectivity index (χ3n) is 5.41. The second kappa shape index (κ2) is 7.92. The van der Waals surface area contributed by atoms with Crippen molar-refractivity contribution in [3.8, 4) is 11.5 Å². The standard InChI is InChI=1S/C22H24N2O4/c1-27-18-6-8-19(9-7-18)28-13-12-23-15-17(14-21(23)25)22(26)24-11-10-16-4-2-3-5-20(16)24/h2-9,17H,10-15H2,1H3. The molecule has 2 amide bonds. The van der Waals surface area contributed by atoms with Crippen LogP contribution in [0.25, 0.3) is 0 Å². The Hall–Kier alpha value is -3.02. The summed E-state index contributed by atoms with van der Waals surface area (Å²) in [6, 6.07) is 15.3. The van der Waals surface area contributed by atoms with Crippen LogP contribution >= 0.6 is 0 Å². The van der Waals surface area contributed by atoms with Crippen molar-refractivity contribution in [2.24, 2.45) is 5.92 Å². The molecular weight excluding hydrogens is 356 g/mol. The van der Waals surface area contributed by atoms with Crippen molar-refractivity contribution in [1.29, 1.82) is 0 Å². The molecule has 0 N–H and O–H groups in total. The molecule has 0 aliphatic carbocycles. The molecule has 2 aromatic rings. The van der Waals surface area contributed by atoms with Gasteiger partial charge in [-0.2, -0.15) is 0 Å². The van der Waals surface area contributed by atoms with E-state index < -0.39 is 0 Å². The predicted octanol–water partition coefficient (Wildman–Crippen LogP) is 2.51. The number of hydrogen-bond donors (Lipinski definition) is 0. The first-order valence-electron chi connectivity index (χ1n) is 9.59. The zero-order valence-electron chi connectivity index (χ0n) is 16.0. The van der Waals surface area contributed by atoms with E-state index in [-0.39, 0.29) is 24.2 Å². The van der Waals surface area contributed by atoms with Crippen LogP contribution in [0, 0.1) is 5.92 Å². The van der Waals surface area contributed by atoms with Gasteiger partial charge in [0, 0.05) is 25.2 Å². The first-order valence-corrected chi connectivity index (χ1v) is 9.59. The summed E-state index contributed by atoms with van der Waals surface area (Å²) in [5.74, 6) is 1.29. The molecule has 2 aliphatic heterocycles. The summed E-state index contributed by atoms with van der Waals surface area (Å²) < 4.78 is 10.8. The summed E-state index contributed by atoms with van der Waals surface area (Å²) in [5, 5.41) is 0. The van der Waals surface area contributed by atoms with Crippen LogP contribution in [0.2, 0.25) is 0 Å². The van der Waals surface area contributed by atoms with Gasteiger partial charge in [0.1, 0.15) is 18.1 Å². The zero-order valence-corrected chi connectivity index (χ0v) is 16.0. The normalized spacial score (nSPS) is 18.3. The highest BCUT2D eigenvalue weighted by molar-refractivity contribution is 6.00. The summed E-state index contributed by atoms with van der Waals surface area (Å²) in [6.45, 7) is 2.03. The van der Waals surface area contributed by atoms with Crippen molar-refractivity contribution >= 4 is 17.5 Å². The third kappa shape index (κ3) is 3.67. The summed E-state index contributed by atoms with van der Waals surface area (Å²) in [5.41, 5.74) is 2.19. The van der Waals surface area contributed by atoms with Gasteiger partial charge in [-0.1, -0.05) is 18.2 Å². The van der Waals surface area contributed by atoms with Crippen LogP contribution in [0.15, 0.2) is 48.5 Å². The number of methoxy groups -OCH3 is 1. The Morgan fingerprint density at radius 1 is 1.11 bits per heavy atom. The van der Waals surface area contributed by atoms with Gasteiger partial charge in [-0.25, -0.2) is 0 Å². The van der Waals surface area contributed by atoms with E-state index in [2.05, 4.69) is 6.07 Å².